The molecule has 0 saturated heterocycles. The van der Waals surface area contributed by atoms with Crippen LogP contribution in [0.5, 0.6) is 0 Å². The molecule has 0 unspecified atom stereocenters. The van der Waals surface area contributed by atoms with Gasteiger partial charge in [-0.1, -0.05) is 18.2 Å². The van der Waals surface area contributed by atoms with Gasteiger partial charge in [0.15, 0.2) is 0 Å². The van der Waals surface area contributed by atoms with Gasteiger partial charge in [-0.05, 0) is 80.0 Å². The Morgan fingerprint density at radius 1 is 1.03 bits per heavy atom. The van der Waals surface area contributed by atoms with Crippen molar-refractivity contribution in [3.63, 3.8) is 0 Å². The molecule has 4 aromatic rings. The molecule has 5 nitrogen and oxygen atoms in total. The summed E-state index contributed by atoms with van der Waals surface area (Å²) in [5, 5.41) is 7.42. The van der Waals surface area contributed by atoms with Crippen LogP contribution in [0.4, 0.5) is 0 Å². The van der Waals surface area contributed by atoms with E-state index in [1.54, 1.807) is 11.3 Å². The van der Waals surface area contributed by atoms with Crippen LogP contribution in [0.2, 0.25) is 0 Å². The molecule has 2 aliphatic carbocycles. The lowest BCUT2D eigenvalue weighted by Crippen LogP contribution is -2.44. The van der Waals surface area contributed by atoms with E-state index in [1.807, 2.05) is 42.9 Å². The molecule has 3 N–H and O–H groups in total. The molecule has 6 rings (SSSR count). The molecule has 0 spiro atoms. The summed E-state index contributed by atoms with van der Waals surface area (Å²) in [6.07, 6.45) is 8.54. The summed E-state index contributed by atoms with van der Waals surface area (Å²) in [5.74, 6) is -0.0357. The van der Waals surface area contributed by atoms with Crippen molar-refractivity contribution in [3.05, 3.63) is 82.5 Å². The molecule has 2 aliphatic rings. The summed E-state index contributed by atoms with van der Waals surface area (Å²) in [6, 6.07) is 14.3. The minimum Gasteiger partial charge on any atom is -0.342 e. The van der Waals surface area contributed by atoms with Crippen molar-refractivity contribution in [2.24, 2.45) is 5.73 Å². The van der Waals surface area contributed by atoms with Crippen LogP contribution in [-0.2, 0) is 11.1 Å². The van der Waals surface area contributed by atoms with Crippen LogP contribution < -0.4 is 11.1 Å². The van der Waals surface area contributed by atoms with Crippen molar-refractivity contribution < 1.29 is 4.79 Å². The number of nitrogens with two attached hydrogens (primary N) is 1. The number of aromatic nitrogens is 2. The standard InChI is InChI=1S/C27H26N4OS/c1-17-19(5-2-7-21(17)26(28)8-4-9-26)24(32)31-27(10-11-27)22-15-18(25-30-13-14-33-25)16-23-20(22)6-3-12-29-23/h2-3,5-7,12-16H,4,8-11,28H2,1H3,(H,31,32). The zero-order chi connectivity index (χ0) is 22.6. The quantitative estimate of drug-likeness (QED) is 0.422. The van der Waals surface area contributed by atoms with Crippen LogP contribution in [0.25, 0.3) is 21.5 Å². The normalized spacial score (nSPS) is 18.0. The Morgan fingerprint density at radius 3 is 2.58 bits per heavy atom. The monoisotopic (exact) mass is 454 g/mol. The van der Waals surface area contributed by atoms with Crippen LogP contribution in [0.15, 0.2) is 60.2 Å². The molecule has 0 atom stereocenters. The van der Waals surface area contributed by atoms with E-state index in [1.165, 1.54) is 0 Å². The van der Waals surface area contributed by atoms with E-state index in [0.717, 1.165) is 70.3 Å². The van der Waals surface area contributed by atoms with Gasteiger partial charge in [-0.15, -0.1) is 11.3 Å². The van der Waals surface area contributed by atoms with Gasteiger partial charge >= 0.3 is 0 Å². The Bertz CT molecular complexity index is 1370. The number of pyridine rings is 1. The van der Waals surface area contributed by atoms with E-state index < -0.39 is 0 Å². The first-order valence-corrected chi connectivity index (χ1v) is 12.4. The molecule has 0 aliphatic heterocycles. The lowest BCUT2D eigenvalue weighted by atomic mass is 9.71. The smallest absolute Gasteiger partial charge is 0.252 e. The number of thiazole rings is 1. The van der Waals surface area contributed by atoms with Gasteiger partial charge in [-0.3, -0.25) is 9.78 Å². The Balaban J connectivity index is 1.39. The maximum atomic E-state index is 13.6. The molecular formula is C27H26N4OS. The maximum absolute atomic E-state index is 13.6. The van der Waals surface area contributed by atoms with Crippen LogP contribution in [0, 0.1) is 6.92 Å². The number of amides is 1. The second kappa shape index (κ2) is 7.47. The fraction of sp³-hybridized carbons (Fsp3) is 0.296. The van der Waals surface area contributed by atoms with E-state index in [2.05, 4.69) is 39.6 Å². The largest absolute Gasteiger partial charge is 0.342 e. The Kier molecular flexibility index (Phi) is 4.64. The molecule has 1 amide bonds. The van der Waals surface area contributed by atoms with E-state index >= 15 is 0 Å². The number of benzene rings is 2. The number of hydrogen-bond acceptors (Lipinski definition) is 5. The summed E-state index contributed by atoms with van der Waals surface area (Å²) < 4.78 is 0. The highest BCUT2D eigenvalue weighted by molar-refractivity contribution is 7.13. The first-order chi connectivity index (χ1) is 16.0. The molecule has 6 heteroatoms. The van der Waals surface area contributed by atoms with Crippen LogP contribution in [0.1, 0.15) is 59.2 Å². The van der Waals surface area contributed by atoms with E-state index in [9.17, 15) is 4.79 Å². The van der Waals surface area contributed by atoms with Crippen molar-refractivity contribution in [3.8, 4) is 10.6 Å². The first kappa shape index (κ1) is 20.5. The minimum absolute atomic E-state index is 0.0357. The summed E-state index contributed by atoms with van der Waals surface area (Å²) in [6.45, 7) is 2.03. The highest BCUT2D eigenvalue weighted by Crippen LogP contribution is 2.49. The summed E-state index contributed by atoms with van der Waals surface area (Å²) in [4.78, 5) is 22.7. The predicted octanol–water partition coefficient (Wildman–Crippen LogP) is 5.42. The second-order valence-electron chi connectivity index (χ2n) is 9.46. The minimum atomic E-state index is -0.384. The Labute approximate surface area is 197 Å². The third kappa shape index (κ3) is 3.36. The van der Waals surface area contributed by atoms with Gasteiger partial charge in [0, 0.05) is 39.8 Å². The number of carbonyl (C=O) groups is 1. The molecular weight excluding hydrogens is 428 g/mol. The molecule has 0 radical (unpaired) electrons. The Hall–Kier alpha value is -3.09. The average molecular weight is 455 g/mol. The molecule has 0 bridgehead atoms. The molecule has 2 fully saturated rings. The van der Waals surface area contributed by atoms with Crippen LogP contribution in [-0.4, -0.2) is 15.9 Å². The second-order valence-corrected chi connectivity index (χ2v) is 10.3. The molecule has 2 saturated carbocycles. The fourth-order valence-electron chi connectivity index (χ4n) is 5.19. The van der Waals surface area contributed by atoms with Crippen LogP contribution >= 0.6 is 11.3 Å². The van der Waals surface area contributed by atoms with Gasteiger partial charge in [-0.2, -0.15) is 0 Å². The van der Waals surface area contributed by atoms with Crippen molar-refractivity contribution in [2.75, 3.05) is 0 Å². The summed E-state index contributed by atoms with van der Waals surface area (Å²) in [7, 11) is 0. The fourth-order valence-corrected chi connectivity index (χ4v) is 5.81. The third-order valence-corrected chi connectivity index (χ3v) is 8.20. The highest BCUT2D eigenvalue weighted by Gasteiger charge is 2.47. The summed E-state index contributed by atoms with van der Waals surface area (Å²) >= 11 is 1.61. The van der Waals surface area contributed by atoms with Crippen LogP contribution in [0.3, 0.4) is 0 Å². The molecule has 166 valence electrons. The van der Waals surface area contributed by atoms with Gasteiger partial charge in [-0.25, -0.2) is 4.98 Å². The van der Waals surface area contributed by atoms with Crippen molar-refractivity contribution in [1.82, 2.24) is 15.3 Å². The average Bonchev–Trinajstić information content (AvgIpc) is 3.36. The van der Waals surface area contributed by atoms with Gasteiger partial charge in [0.05, 0.1) is 11.1 Å². The Morgan fingerprint density at radius 2 is 1.88 bits per heavy atom. The SMILES string of the molecule is Cc1c(C(=O)NC2(c3cc(-c4nccs4)cc4ncccc34)CC2)cccc1C1(N)CCC1. The van der Waals surface area contributed by atoms with Gasteiger partial charge in [0.2, 0.25) is 0 Å². The zero-order valence-corrected chi connectivity index (χ0v) is 19.4. The van der Waals surface area contributed by atoms with Gasteiger partial charge < -0.3 is 11.1 Å². The van der Waals surface area contributed by atoms with Crippen molar-refractivity contribution in [1.29, 1.82) is 0 Å². The highest BCUT2D eigenvalue weighted by atomic mass is 32.1. The van der Waals surface area contributed by atoms with E-state index in [4.69, 9.17) is 5.73 Å². The molecule has 2 heterocycles. The van der Waals surface area contributed by atoms with E-state index in [0.29, 0.717) is 5.56 Å². The molecule has 33 heavy (non-hydrogen) atoms. The number of nitrogens with zero attached hydrogens (tertiary/aromatic N) is 2. The number of hydrogen-bond donors (Lipinski definition) is 2. The molecule has 2 aromatic carbocycles. The maximum Gasteiger partial charge on any atom is 0.252 e. The van der Waals surface area contributed by atoms with E-state index in [-0.39, 0.29) is 17.0 Å². The predicted molar refractivity (Wildman–Crippen MR) is 132 cm³/mol. The number of rotatable bonds is 5. The van der Waals surface area contributed by atoms with Gasteiger partial charge in [0.1, 0.15) is 5.01 Å². The lowest BCUT2D eigenvalue weighted by molar-refractivity contribution is 0.0930. The lowest BCUT2D eigenvalue weighted by Gasteiger charge is -2.40. The topological polar surface area (TPSA) is 80.9 Å². The molecule has 2 aromatic heterocycles. The number of nitrogens with one attached hydrogen (secondary N) is 1. The zero-order valence-electron chi connectivity index (χ0n) is 18.6. The summed E-state index contributed by atoms with van der Waals surface area (Å²) in [5.41, 5.74) is 11.8. The van der Waals surface area contributed by atoms with Crippen molar-refractivity contribution >= 4 is 28.1 Å². The first-order valence-electron chi connectivity index (χ1n) is 11.5. The third-order valence-electron chi connectivity index (χ3n) is 7.38. The number of fused-ring (bicyclic) bond motifs is 1. The van der Waals surface area contributed by atoms with Crippen molar-refractivity contribution in [2.45, 2.75) is 50.1 Å². The van der Waals surface area contributed by atoms with Gasteiger partial charge in [0.25, 0.3) is 5.91 Å². The number of carbonyl (C=O) groups excluding carboxylic acids is 1.